The SMILES string of the molecule is C=C(C)c1cc(CCC(=O)OCCCCCCOC(=O)CCc2cc(C(C)(C)C)c(O)c(C(C)(C)C)c2)cc(C(C)(C)C)c1O. The molecule has 0 amide bonds. The molecule has 0 saturated heterocycles. The van der Waals surface area contributed by atoms with Gasteiger partial charge in [-0.3, -0.25) is 9.59 Å². The maximum Gasteiger partial charge on any atom is 0.306 e. The number of ether oxygens (including phenoxy) is 2. The molecule has 6 nitrogen and oxygen atoms in total. The third-order valence-electron chi connectivity index (χ3n) is 8.02. The number of hydrogen-bond donors (Lipinski definition) is 2. The first kappa shape index (κ1) is 37.9. The molecule has 250 valence electrons. The van der Waals surface area contributed by atoms with E-state index in [9.17, 15) is 19.8 Å². The zero-order valence-corrected chi connectivity index (χ0v) is 29.6. The van der Waals surface area contributed by atoms with Gasteiger partial charge in [-0.1, -0.05) is 87.1 Å². The van der Waals surface area contributed by atoms with Crippen LogP contribution in [0.1, 0.15) is 141 Å². The van der Waals surface area contributed by atoms with Crippen LogP contribution in [0.15, 0.2) is 30.8 Å². The summed E-state index contributed by atoms with van der Waals surface area (Å²) in [5, 5.41) is 21.6. The van der Waals surface area contributed by atoms with Gasteiger partial charge in [-0.05, 0) is 95.6 Å². The Kier molecular flexibility index (Phi) is 13.3. The van der Waals surface area contributed by atoms with Crippen LogP contribution in [0.25, 0.3) is 5.57 Å². The summed E-state index contributed by atoms with van der Waals surface area (Å²) in [6.07, 6.45) is 4.98. The summed E-state index contributed by atoms with van der Waals surface area (Å²) >= 11 is 0. The minimum absolute atomic E-state index is 0.210. The molecule has 2 N–H and O–H groups in total. The summed E-state index contributed by atoms with van der Waals surface area (Å²) in [7, 11) is 0. The van der Waals surface area contributed by atoms with Gasteiger partial charge in [0.2, 0.25) is 0 Å². The van der Waals surface area contributed by atoms with Crippen molar-refractivity contribution >= 4 is 17.5 Å². The Balaban J connectivity index is 1.69. The molecule has 0 unspecified atom stereocenters. The van der Waals surface area contributed by atoms with Crippen molar-refractivity contribution in [3.63, 3.8) is 0 Å². The van der Waals surface area contributed by atoms with Gasteiger partial charge in [-0.15, -0.1) is 0 Å². The van der Waals surface area contributed by atoms with Crippen molar-refractivity contribution in [1.82, 2.24) is 0 Å². The van der Waals surface area contributed by atoms with E-state index < -0.39 is 0 Å². The van der Waals surface area contributed by atoms with E-state index in [4.69, 9.17) is 9.47 Å². The number of benzene rings is 2. The number of carbonyl (C=O) groups is 2. The highest BCUT2D eigenvalue weighted by Crippen LogP contribution is 2.40. The van der Waals surface area contributed by atoms with E-state index in [1.807, 2.05) is 31.2 Å². The lowest BCUT2D eigenvalue weighted by Gasteiger charge is -2.28. The molecule has 0 aliphatic heterocycles. The van der Waals surface area contributed by atoms with E-state index in [0.717, 1.165) is 64.6 Å². The third kappa shape index (κ3) is 11.9. The predicted molar refractivity (Wildman–Crippen MR) is 184 cm³/mol. The largest absolute Gasteiger partial charge is 0.507 e. The highest BCUT2D eigenvalue weighted by atomic mass is 16.5. The zero-order chi connectivity index (χ0) is 34.2. The molecule has 0 fully saturated rings. The first-order chi connectivity index (χ1) is 20.7. The number of esters is 2. The normalized spacial score (nSPS) is 12.2. The quantitative estimate of drug-likeness (QED) is 0.161. The van der Waals surface area contributed by atoms with Crippen molar-refractivity contribution in [3.8, 4) is 11.5 Å². The molecular formula is C39H58O6. The van der Waals surface area contributed by atoms with Gasteiger partial charge < -0.3 is 19.7 Å². The Morgan fingerprint density at radius 3 is 1.33 bits per heavy atom. The van der Waals surface area contributed by atoms with Crippen LogP contribution < -0.4 is 0 Å². The van der Waals surface area contributed by atoms with Gasteiger partial charge in [0.15, 0.2) is 0 Å². The molecule has 0 bridgehead atoms. The molecule has 6 heteroatoms. The van der Waals surface area contributed by atoms with Crippen molar-refractivity contribution in [2.75, 3.05) is 13.2 Å². The van der Waals surface area contributed by atoms with Crippen LogP contribution in [-0.2, 0) is 48.1 Å². The first-order valence-corrected chi connectivity index (χ1v) is 16.4. The number of rotatable bonds is 14. The first-order valence-electron chi connectivity index (χ1n) is 16.4. The smallest absolute Gasteiger partial charge is 0.306 e. The van der Waals surface area contributed by atoms with Gasteiger partial charge in [0, 0.05) is 24.0 Å². The fourth-order valence-electron chi connectivity index (χ4n) is 5.28. The molecule has 0 radical (unpaired) electrons. The number of phenols is 2. The van der Waals surface area contributed by atoms with Gasteiger partial charge in [-0.25, -0.2) is 0 Å². The summed E-state index contributed by atoms with van der Waals surface area (Å²) in [6.45, 7) is 25.3. The van der Waals surface area contributed by atoms with E-state index >= 15 is 0 Å². The fraction of sp³-hybridized carbons (Fsp3) is 0.590. The van der Waals surface area contributed by atoms with E-state index in [2.05, 4.69) is 68.9 Å². The van der Waals surface area contributed by atoms with Crippen LogP contribution >= 0.6 is 0 Å². The van der Waals surface area contributed by atoms with Gasteiger partial charge >= 0.3 is 11.9 Å². The Labute approximate surface area is 272 Å². The Morgan fingerprint density at radius 1 is 0.622 bits per heavy atom. The van der Waals surface area contributed by atoms with Crippen molar-refractivity contribution in [3.05, 3.63) is 64.2 Å². The number of carbonyl (C=O) groups excluding carboxylic acids is 2. The van der Waals surface area contributed by atoms with Gasteiger partial charge in [0.1, 0.15) is 11.5 Å². The zero-order valence-electron chi connectivity index (χ0n) is 29.6. The maximum absolute atomic E-state index is 12.4. The number of phenolic OH excluding ortho intramolecular Hbond substituents is 2. The summed E-state index contributed by atoms with van der Waals surface area (Å²) in [5.74, 6) is 0.154. The monoisotopic (exact) mass is 622 g/mol. The average molecular weight is 623 g/mol. The number of aryl methyl sites for hydroxylation is 2. The molecule has 2 aromatic rings. The second kappa shape index (κ2) is 15.8. The van der Waals surface area contributed by atoms with Gasteiger partial charge in [-0.2, -0.15) is 0 Å². The molecule has 0 aromatic heterocycles. The van der Waals surface area contributed by atoms with Crippen LogP contribution in [0.5, 0.6) is 11.5 Å². The highest BCUT2D eigenvalue weighted by molar-refractivity contribution is 5.72. The molecule has 2 rings (SSSR count). The summed E-state index contributed by atoms with van der Waals surface area (Å²) < 4.78 is 10.9. The molecule has 45 heavy (non-hydrogen) atoms. The fourth-order valence-corrected chi connectivity index (χ4v) is 5.28. The molecular weight excluding hydrogens is 564 g/mol. The standard InChI is InChI=1S/C39H58O6/c1-26(2)29-22-27(23-30(35(29)42)37(3,4)5)16-18-33(40)44-20-14-12-13-15-21-45-34(41)19-17-28-24-31(38(6,7)8)36(43)32(25-28)39(9,10)11/h22-25,42-43H,1,12-21H2,2-11H3. The Morgan fingerprint density at radius 2 is 0.978 bits per heavy atom. The minimum Gasteiger partial charge on any atom is -0.507 e. The van der Waals surface area contributed by atoms with Crippen molar-refractivity contribution in [1.29, 1.82) is 0 Å². The molecule has 0 heterocycles. The summed E-state index contributed by atoms with van der Waals surface area (Å²) in [4.78, 5) is 24.8. The van der Waals surface area contributed by atoms with Crippen LogP contribution in [-0.4, -0.2) is 35.4 Å². The van der Waals surface area contributed by atoms with E-state index in [1.54, 1.807) is 0 Å². The van der Waals surface area contributed by atoms with Crippen LogP contribution in [0.2, 0.25) is 0 Å². The topological polar surface area (TPSA) is 93.1 Å². The third-order valence-corrected chi connectivity index (χ3v) is 8.02. The number of aromatic hydroxyl groups is 2. The second-order valence-electron chi connectivity index (χ2n) is 15.5. The van der Waals surface area contributed by atoms with Crippen LogP contribution in [0.4, 0.5) is 0 Å². The molecule has 0 atom stereocenters. The summed E-state index contributed by atoms with van der Waals surface area (Å²) in [5.41, 5.74) is 5.51. The van der Waals surface area contributed by atoms with Crippen molar-refractivity contribution in [2.45, 2.75) is 137 Å². The van der Waals surface area contributed by atoms with Gasteiger partial charge in [0.05, 0.1) is 13.2 Å². The number of allylic oxidation sites excluding steroid dienone is 1. The summed E-state index contributed by atoms with van der Waals surface area (Å²) in [6, 6.07) is 7.91. The lowest BCUT2D eigenvalue weighted by atomic mass is 9.78. The lowest BCUT2D eigenvalue weighted by Crippen LogP contribution is -2.18. The average Bonchev–Trinajstić information content (AvgIpc) is 2.91. The maximum atomic E-state index is 12.4. The molecule has 0 spiro atoms. The minimum atomic E-state index is -0.232. The van der Waals surface area contributed by atoms with E-state index in [1.165, 1.54) is 0 Å². The van der Waals surface area contributed by atoms with Crippen molar-refractivity contribution in [2.24, 2.45) is 0 Å². The Bertz CT molecular complexity index is 1300. The van der Waals surface area contributed by atoms with Crippen molar-refractivity contribution < 1.29 is 29.3 Å². The van der Waals surface area contributed by atoms with Crippen LogP contribution in [0.3, 0.4) is 0 Å². The Hall–Kier alpha value is -3.28. The van der Waals surface area contributed by atoms with E-state index in [-0.39, 0.29) is 40.4 Å². The number of unbranched alkanes of at least 4 members (excludes halogenated alkanes) is 3. The predicted octanol–water partition coefficient (Wildman–Crippen LogP) is 9.24. The second-order valence-corrected chi connectivity index (χ2v) is 15.5. The van der Waals surface area contributed by atoms with Gasteiger partial charge in [0.25, 0.3) is 0 Å². The molecule has 0 aliphatic rings. The lowest BCUT2D eigenvalue weighted by molar-refractivity contribution is -0.145. The highest BCUT2D eigenvalue weighted by Gasteiger charge is 2.27. The molecule has 0 saturated carbocycles. The van der Waals surface area contributed by atoms with Crippen LogP contribution in [0, 0.1) is 0 Å². The number of hydrogen-bond acceptors (Lipinski definition) is 6. The van der Waals surface area contributed by atoms with E-state index in [0.29, 0.717) is 38.2 Å². The molecule has 2 aromatic carbocycles. The molecule has 0 aliphatic carbocycles.